The van der Waals surface area contributed by atoms with Gasteiger partial charge in [-0.05, 0) is 37.1 Å². The Morgan fingerprint density at radius 3 is 2.75 bits per heavy atom. The number of aryl methyl sites for hydroxylation is 2. The number of thiophene rings is 1. The maximum Gasteiger partial charge on any atom is 0.338 e. The molecule has 0 unspecified atom stereocenters. The van der Waals surface area contributed by atoms with E-state index in [2.05, 4.69) is 23.0 Å². The molecule has 0 aliphatic carbocycles. The molecule has 0 N–H and O–H groups in total. The summed E-state index contributed by atoms with van der Waals surface area (Å²) in [5.41, 5.74) is 2.18. The minimum Gasteiger partial charge on any atom is -0.465 e. The third-order valence-corrected chi connectivity index (χ3v) is 5.16. The molecule has 0 amide bonds. The van der Waals surface area contributed by atoms with Crippen LogP contribution in [0.15, 0.2) is 24.3 Å². The van der Waals surface area contributed by atoms with Crippen LogP contribution in [0.25, 0.3) is 21.6 Å². The first-order valence-electron chi connectivity index (χ1n) is 7.68. The van der Waals surface area contributed by atoms with Gasteiger partial charge in [-0.25, -0.2) is 14.8 Å². The molecule has 0 aliphatic rings. The van der Waals surface area contributed by atoms with Gasteiger partial charge in [0.1, 0.15) is 9.98 Å². The Morgan fingerprint density at radius 2 is 2.08 bits per heavy atom. The number of nitrogens with zero attached hydrogens (tertiary/aromatic N) is 2. The maximum absolute atomic E-state index is 11.7. The van der Waals surface area contributed by atoms with Crippen molar-refractivity contribution in [3.05, 3.63) is 45.4 Å². The van der Waals surface area contributed by atoms with Crippen molar-refractivity contribution in [3.8, 4) is 11.4 Å². The summed E-state index contributed by atoms with van der Waals surface area (Å²) < 4.78 is 4.78. The molecule has 0 aliphatic heterocycles. The van der Waals surface area contributed by atoms with Crippen molar-refractivity contribution in [2.24, 2.45) is 0 Å². The molecule has 3 aromatic rings. The largest absolute Gasteiger partial charge is 0.465 e. The molecule has 0 saturated carbocycles. The van der Waals surface area contributed by atoms with Crippen LogP contribution in [-0.2, 0) is 11.2 Å². The predicted octanol–water partition coefficient (Wildman–Crippen LogP) is 5.06. The summed E-state index contributed by atoms with van der Waals surface area (Å²) >= 11 is 8.00. The topological polar surface area (TPSA) is 52.1 Å². The van der Waals surface area contributed by atoms with E-state index < -0.39 is 0 Å². The number of aromatic nitrogens is 2. The highest BCUT2D eigenvalue weighted by Gasteiger charge is 2.14. The number of hydrogen-bond acceptors (Lipinski definition) is 5. The summed E-state index contributed by atoms with van der Waals surface area (Å²) in [6.07, 6.45) is 2.10. The molecule has 1 aromatic carbocycles. The van der Waals surface area contributed by atoms with Gasteiger partial charge in [-0.1, -0.05) is 31.0 Å². The Kier molecular flexibility index (Phi) is 4.83. The molecular formula is C18H17ClN2O2S. The number of fused-ring (bicyclic) bond motifs is 1. The van der Waals surface area contributed by atoms with Gasteiger partial charge in [-0.15, -0.1) is 11.3 Å². The van der Waals surface area contributed by atoms with Gasteiger partial charge in [0, 0.05) is 15.8 Å². The Morgan fingerprint density at radius 1 is 1.29 bits per heavy atom. The molecule has 24 heavy (non-hydrogen) atoms. The second kappa shape index (κ2) is 6.87. The summed E-state index contributed by atoms with van der Waals surface area (Å²) in [6.45, 7) is 4.01. The van der Waals surface area contributed by atoms with E-state index in [1.807, 2.05) is 19.1 Å². The van der Waals surface area contributed by atoms with E-state index in [1.165, 1.54) is 12.0 Å². The number of benzene rings is 1. The Bertz CT molecular complexity index is 921. The summed E-state index contributed by atoms with van der Waals surface area (Å²) in [6, 6.07) is 7.50. The van der Waals surface area contributed by atoms with Crippen LogP contribution in [0, 0.1) is 6.92 Å². The Hall–Kier alpha value is -1.98. The number of carbonyl (C=O) groups is 1. The van der Waals surface area contributed by atoms with Gasteiger partial charge in [0.2, 0.25) is 0 Å². The Labute approximate surface area is 149 Å². The number of methoxy groups -OCH3 is 1. The zero-order valence-corrected chi connectivity index (χ0v) is 15.3. The van der Waals surface area contributed by atoms with Crippen molar-refractivity contribution >= 4 is 39.1 Å². The third kappa shape index (κ3) is 3.14. The lowest BCUT2D eigenvalue weighted by molar-refractivity contribution is 0.0600. The summed E-state index contributed by atoms with van der Waals surface area (Å²) in [5.74, 6) is 0.216. The van der Waals surface area contributed by atoms with Crippen LogP contribution in [0.3, 0.4) is 0 Å². The minimum absolute atomic E-state index is 0.351. The van der Waals surface area contributed by atoms with E-state index >= 15 is 0 Å². The fourth-order valence-electron chi connectivity index (χ4n) is 2.58. The number of esters is 1. The van der Waals surface area contributed by atoms with Crippen LogP contribution in [0.1, 0.15) is 34.1 Å². The van der Waals surface area contributed by atoms with Crippen LogP contribution in [0.2, 0.25) is 5.15 Å². The highest BCUT2D eigenvalue weighted by atomic mass is 35.5. The number of hydrogen-bond donors (Lipinski definition) is 0. The van der Waals surface area contributed by atoms with Crippen molar-refractivity contribution in [3.63, 3.8) is 0 Å². The predicted molar refractivity (Wildman–Crippen MR) is 97.9 cm³/mol. The fraction of sp³-hybridized carbons (Fsp3) is 0.278. The molecule has 4 nitrogen and oxygen atoms in total. The second-order valence-corrected chi connectivity index (χ2v) is 7.01. The molecule has 6 heteroatoms. The molecule has 0 radical (unpaired) electrons. The van der Waals surface area contributed by atoms with Gasteiger partial charge in [0.25, 0.3) is 0 Å². The molecule has 0 spiro atoms. The molecule has 0 saturated heterocycles. The standard InChI is InChI=1S/C18H17ClN2O2S/c1-4-5-12-9-14-15(19)20-16(21-17(14)24-12)11-6-7-13(10(2)8-11)18(22)23-3/h6-9H,4-5H2,1-3H3. The summed E-state index contributed by atoms with van der Waals surface area (Å²) in [5, 5.41) is 1.36. The van der Waals surface area contributed by atoms with Gasteiger partial charge in [0.15, 0.2) is 5.82 Å². The highest BCUT2D eigenvalue weighted by Crippen LogP contribution is 2.32. The molecular weight excluding hydrogens is 344 g/mol. The van der Waals surface area contributed by atoms with E-state index in [1.54, 1.807) is 17.4 Å². The van der Waals surface area contributed by atoms with Gasteiger partial charge in [-0.3, -0.25) is 0 Å². The Balaban J connectivity index is 2.06. The number of ether oxygens (including phenoxy) is 1. The van der Waals surface area contributed by atoms with E-state index in [-0.39, 0.29) is 5.97 Å². The zero-order valence-electron chi connectivity index (χ0n) is 13.7. The quantitative estimate of drug-likeness (QED) is 0.482. The van der Waals surface area contributed by atoms with Crippen molar-refractivity contribution < 1.29 is 9.53 Å². The summed E-state index contributed by atoms with van der Waals surface area (Å²) in [7, 11) is 1.37. The van der Waals surface area contributed by atoms with Crippen LogP contribution in [0.4, 0.5) is 0 Å². The van der Waals surface area contributed by atoms with Gasteiger partial charge in [0.05, 0.1) is 12.7 Å². The van der Waals surface area contributed by atoms with Crippen LogP contribution in [0.5, 0.6) is 0 Å². The SMILES string of the molecule is CCCc1cc2c(Cl)nc(-c3ccc(C(=O)OC)c(C)c3)nc2s1. The lowest BCUT2D eigenvalue weighted by atomic mass is 10.0. The van der Waals surface area contributed by atoms with Crippen molar-refractivity contribution in [1.82, 2.24) is 9.97 Å². The molecule has 2 heterocycles. The van der Waals surface area contributed by atoms with Crippen LogP contribution in [-0.4, -0.2) is 23.0 Å². The molecule has 0 fully saturated rings. The second-order valence-electron chi connectivity index (χ2n) is 5.54. The highest BCUT2D eigenvalue weighted by molar-refractivity contribution is 7.18. The lowest BCUT2D eigenvalue weighted by Crippen LogP contribution is -2.03. The van der Waals surface area contributed by atoms with Gasteiger partial charge in [-0.2, -0.15) is 0 Å². The zero-order chi connectivity index (χ0) is 17.3. The monoisotopic (exact) mass is 360 g/mol. The maximum atomic E-state index is 11.7. The van der Waals surface area contributed by atoms with E-state index in [0.717, 1.165) is 34.2 Å². The molecule has 124 valence electrons. The smallest absolute Gasteiger partial charge is 0.338 e. The first-order valence-corrected chi connectivity index (χ1v) is 8.88. The molecule has 3 rings (SSSR count). The first kappa shape index (κ1) is 16.9. The normalized spacial score (nSPS) is 11.0. The molecule has 0 bridgehead atoms. The lowest BCUT2D eigenvalue weighted by Gasteiger charge is -2.07. The van der Waals surface area contributed by atoms with Crippen molar-refractivity contribution in [1.29, 1.82) is 0 Å². The van der Waals surface area contributed by atoms with E-state index in [4.69, 9.17) is 16.3 Å². The average molecular weight is 361 g/mol. The van der Waals surface area contributed by atoms with Gasteiger partial charge < -0.3 is 4.74 Å². The van der Waals surface area contributed by atoms with Crippen LogP contribution < -0.4 is 0 Å². The van der Waals surface area contributed by atoms with Crippen molar-refractivity contribution in [2.45, 2.75) is 26.7 Å². The number of rotatable bonds is 4. The van der Waals surface area contributed by atoms with E-state index in [0.29, 0.717) is 16.5 Å². The van der Waals surface area contributed by atoms with Gasteiger partial charge >= 0.3 is 5.97 Å². The molecule has 0 atom stereocenters. The number of halogens is 1. The molecule has 2 aromatic heterocycles. The first-order chi connectivity index (χ1) is 11.5. The average Bonchev–Trinajstić information content (AvgIpc) is 2.97. The summed E-state index contributed by atoms with van der Waals surface area (Å²) in [4.78, 5) is 22.9. The number of carbonyl (C=O) groups excluding carboxylic acids is 1. The van der Waals surface area contributed by atoms with Crippen LogP contribution >= 0.6 is 22.9 Å². The van der Waals surface area contributed by atoms with Crippen molar-refractivity contribution in [2.75, 3.05) is 7.11 Å². The minimum atomic E-state index is -0.351. The third-order valence-electron chi connectivity index (χ3n) is 3.78. The van der Waals surface area contributed by atoms with E-state index in [9.17, 15) is 4.79 Å². The fourth-order valence-corrected chi connectivity index (χ4v) is 3.99.